The Kier molecular flexibility index (Phi) is 15.1. The Hall–Kier alpha value is 0. The van der Waals surface area contributed by atoms with Gasteiger partial charge in [0.25, 0.3) is 0 Å². The zero-order valence-corrected chi connectivity index (χ0v) is 12.9. The van der Waals surface area contributed by atoms with Crippen LogP contribution in [0.25, 0.3) is 0 Å². The van der Waals surface area contributed by atoms with Gasteiger partial charge in [0.2, 0.25) is 0 Å². The van der Waals surface area contributed by atoms with Gasteiger partial charge in [-0.05, 0) is 5.92 Å². The normalized spacial score (nSPS) is 12.8. The van der Waals surface area contributed by atoms with Gasteiger partial charge in [-0.25, -0.2) is 0 Å². The van der Waals surface area contributed by atoms with Crippen molar-refractivity contribution >= 4 is 0 Å². The molecule has 0 nitrogen and oxygen atoms in total. The standard InChI is InChI=1S/C18H36/c1-4-6-8-9-10-11-12-13-14-15-17-18(3)16-7-5-2/h18H,1-2,4-17H2,3H3. The topological polar surface area (TPSA) is 0 Å². The summed E-state index contributed by atoms with van der Waals surface area (Å²) in [6.07, 6.45) is 19.2. The van der Waals surface area contributed by atoms with Crippen LogP contribution >= 0.6 is 0 Å². The quantitative estimate of drug-likeness (QED) is 0.300. The lowest BCUT2D eigenvalue weighted by Crippen LogP contribution is -1.94. The molecule has 1 unspecified atom stereocenters. The van der Waals surface area contributed by atoms with E-state index in [2.05, 4.69) is 20.8 Å². The van der Waals surface area contributed by atoms with Crippen molar-refractivity contribution in [1.82, 2.24) is 0 Å². The summed E-state index contributed by atoms with van der Waals surface area (Å²) in [6, 6.07) is 0. The first kappa shape index (κ1) is 18.0. The first-order chi connectivity index (χ1) is 8.81. The lowest BCUT2D eigenvalue weighted by Gasteiger charge is -2.10. The molecular weight excluding hydrogens is 216 g/mol. The SMILES string of the molecule is [CH2]CCCCCCCCCCCC(C)CCC[CH2]. The summed E-state index contributed by atoms with van der Waals surface area (Å²) >= 11 is 0. The molecule has 0 amide bonds. The Morgan fingerprint density at radius 2 is 0.944 bits per heavy atom. The number of hydrogen-bond donors (Lipinski definition) is 0. The zero-order chi connectivity index (χ0) is 13.5. The second kappa shape index (κ2) is 15.1. The van der Waals surface area contributed by atoms with E-state index in [1.165, 1.54) is 77.0 Å². The molecule has 1 atom stereocenters. The summed E-state index contributed by atoms with van der Waals surface area (Å²) in [5.74, 6) is 0.925. The highest BCUT2D eigenvalue weighted by molar-refractivity contribution is 4.55. The van der Waals surface area contributed by atoms with Gasteiger partial charge >= 0.3 is 0 Å². The van der Waals surface area contributed by atoms with Gasteiger partial charge in [-0.1, -0.05) is 111 Å². The molecular formula is C18H36. The molecule has 0 saturated carbocycles. The van der Waals surface area contributed by atoms with E-state index in [1.807, 2.05) is 0 Å². The fraction of sp³-hybridized carbons (Fsp3) is 0.889. The third kappa shape index (κ3) is 14.1. The third-order valence-corrected chi connectivity index (χ3v) is 3.89. The van der Waals surface area contributed by atoms with Gasteiger partial charge in [-0.3, -0.25) is 0 Å². The molecule has 108 valence electrons. The number of rotatable bonds is 14. The minimum atomic E-state index is 0.925. The van der Waals surface area contributed by atoms with Gasteiger partial charge in [0, 0.05) is 0 Å². The molecule has 0 aromatic carbocycles. The van der Waals surface area contributed by atoms with Gasteiger partial charge in [-0.15, -0.1) is 0 Å². The number of hydrogen-bond acceptors (Lipinski definition) is 0. The summed E-state index contributed by atoms with van der Waals surface area (Å²) in [5, 5.41) is 0. The highest BCUT2D eigenvalue weighted by Gasteiger charge is 2.00. The van der Waals surface area contributed by atoms with Crippen molar-refractivity contribution in [3.05, 3.63) is 13.8 Å². The molecule has 0 aromatic rings. The van der Waals surface area contributed by atoms with Crippen LogP contribution in [0.15, 0.2) is 0 Å². The van der Waals surface area contributed by atoms with Crippen molar-refractivity contribution in [3.8, 4) is 0 Å². The molecule has 0 saturated heterocycles. The van der Waals surface area contributed by atoms with Crippen LogP contribution in [0, 0.1) is 19.8 Å². The average Bonchev–Trinajstić information content (AvgIpc) is 2.38. The Labute approximate surface area is 117 Å². The van der Waals surface area contributed by atoms with Crippen LogP contribution in [-0.4, -0.2) is 0 Å². The van der Waals surface area contributed by atoms with Crippen LogP contribution in [0.4, 0.5) is 0 Å². The monoisotopic (exact) mass is 252 g/mol. The predicted octanol–water partition coefficient (Wildman–Crippen LogP) is 6.75. The van der Waals surface area contributed by atoms with E-state index in [0.717, 1.165) is 18.8 Å². The maximum Gasteiger partial charge on any atom is -0.0443 e. The van der Waals surface area contributed by atoms with E-state index in [4.69, 9.17) is 0 Å². The van der Waals surface area contributed by atoms with Crippen molar-refractivity contribution in [1.29, 1.82) is 0 Å². The molecule has 0 aliphatic heterocycles. The zero-order valence-electron chi connectivity index (χ0n) is 12.9. The van der Waals surface area contributed by atoms with E-state index in [-0.39, 0.29) is 0 Å². The Balaban J connectivity index is 3.02. The number of unbranched alkanes of at least 4 members (excludes halogenated alkanes) is 10. The first-order valence-electron chi connectivity index (χ1n) is 8.39. The molecule has 0 aromatic heterocycles. The summed E-state index contributed by atoms with van der Waals surface area (Å²) in [7, 11) is 0. The molecule has 0 heterocycles. The molecule has 0 aliphatic carbocycles. The lowest BCUT2D eigenvalue weighted by atomic mass is 9.97. The smallest absolute Gasteiger partial charge is 0.0443 e. The van der Waals surface area contributed by atoms with Crippen LogP contribution in [0.2, 0.25) is 0 Å². The van der Waals surface area contributed by atoms with Crippen LogP contribution in [-0.2, 0) is 0 Å². The third-order valence-electron chi connectivity index (χ3n) is 3.89. The minimum absolute atomic E-state index is 0.925. The Morgan fingerprint density at radius 3 is 1.44 bits per heavy atom. The summed E-state index contributed by atoms with van der Waals surface area (Å²) < 4.78 is 0. The highest BCUT2D eigenvalue weighted by Crippen LogP contribution is 2.17. The maximum absolute atomic E-state index is 3.91. The second-order valence-electron chi connectivity index (χ2n) is 5.93. The molecule has 0 heteroatoms. The van der Waals surface area contributed by atoms with E-state index in [1.54, 1.807) is 0 Å². The van der Waals surface area contributed by atoms with E-state index in [9.17, 15) is 0 Å². The fourth-order valence-corrected chi connectivity index (χ4v) is 2.54. The second-order valence-corrected chi connectivity index (χ2v) is 5.93. The molecule has 0 aliphatic rings. The fourth-order valence-electron chi connectivity index (χ4n) is 2.54. The first-order valence-corrected chi connectivity index (χ1v) is 8.39. The minimum Gasteiger partial charge on any atom is -0.0625 e. The van der Waals surface area contributed by atoms with E-state index >= 15 is 0 Å². The largest absolute Gasteiger partial charge is 0.0625 e. The highest BCUT2D eigenvalue weighted by atomic mass is 14.1. The van der Waals surface area contributed by atoms with Gasteiger partial charge in [0.15, 0.2) is 0 Å². The Morgan fingerprint density at radius 1 is 0.556 bits per heavy atom. The van der Waals surface area contributed by atoms with Crippen LogP contribution in [0.5, 0.6) is 0 Å². The van der Waals surface area contributed by atoms with E-state index in [0.29, 0.717) is 0 Å². The molecule has 0 fully saturated rings. The average molecular weight is 252 g/mol. The summed E-state index contributed by atoms with van der Waals surface area (Å²) in [6.45, 7) is 10.2. The van der Waals surface area contributed by atoms with Crippen molar-refractivity contribution in [2.45, 2.75) is 96.8 Å². The van der Waals surface area contributed by atoms with Crippen molar-refractivity contribution < 1.29 is 0 Å². The van der Waals surface area contributed by atoms with Crippen molar-refractivity contribution in [3.63, 3.8) is 0 Å². The molecule has 0 bridgehead atoms. The summed E-state index contributed by atoms with van der Waals surface area (Å²) in [4.78, 5) is 0. The molecule has 0 spiro atoms. The molecule has 2 radical (unpaired) electrons. The van der Waals surface area contributed by atoms with E-state index < -0.39 is 0 Å². The predicted molar refractivity (Wildman–Crippen MR) is 84.5 cm³/mol. The Bertz CT molecular complexity index is 139. The van der Waals surface area contributed by atoms with Crippen LogP contribution in [0.1, 0.15) is 96.8 Å². The van der Waals surface area contributed by atoms with Crippen molar-refractivity contribution in [2.24, 2.45) is 5.92 Å². The van der Waals surface area contributed by atoms with Gasteiger partial charge in [0.05, 0.1) is 0 Å². The molecule has 0 N–H and O–H groups in total. The van der Waals surface area contributed by atoms with Gasteiger partial charge in [0.1, 0.15) is 0 Å². The van der Waals surface area contributed by atoms with Crippen LogP contribution in [0.3, 0.4) is 0 Å². The van der Waals surface area contributed by atoms with Crippen molar-refractivity contribution in [2.75, 3.05) is 0 Å². The summed E-state index contributed by atoms with van der Waals surface area (Å²) in [5.41, 5.74) is 0. The van der Waals surface area contributed by atoms with Crippen LogP contribution < -0.4 is 0 Å². The lowest BCUT2D eigenvalue weighted by molar-refractivity contribution is 0.444. The maximum atomic E-state index is 3.91. The molecule has 0 rings (SSSR count). The van der Waals surface area contributed by atoms with Gasteiger partial charge < -0.3 is 0 Å². The van der Waals surface area contributed by atoms with Gasteiger partial charge in [-0.2, -0.15) is 0 Å². The molecule has 18 heavy (non-hydrogen) atoms.